The van der Waals surface area contributed by atoms with E-state index in [-0.39, 0.29) is 11.9 Å². The van der Waals surface area contributed by atoms with E-state index in [0.717, 1.165) is 18.4 Å². The largest absolute Gasteiger partial charge is 0.478 e. The highest BCUT2D eigenvalue weighted by molar-refractivity contribution is 5.89. The first-order valence-electron chi connectivity index (χ1n) is 12.2. The smallest absolute Gasteiger partial charge is 0.328 e. The normalized spacial score (nSPS) is 14.1. The summed E-state index contributed by atoms with van der Waals surface area (Å²) in [5.74, 6) is -2.79. The summed E-state index contributed by atoms with van der Waals surface area (Å²) in [4.78, 5) is 46.4. The predicted octanol–water partition coefficient (Wildman–Crippen LogP) is 2.83. The van der Waals surface area contributed by atoms with E-state index in [1.807, 2.05) is 54.3 Å². The zero-order valence-electron chi connectivity index (χ0n) is 21.1. The standard InChI is InChI=1S/C24H30N2O3.C4H4O4/c1-3-29-24(28)22(14-13-19-9-5-4-6-10-19)25-18(2)23(27)26-16-15-20-11-7-8-12-21(20)17-26;5-3(6)1-2-4(7)8/h4-12,18,22,25H,3,13-17H2,1-2H3;1-2H,(H,5,6)(H,7,8)/b;2-1-/t18-,22-;/m0./s1. The Balaban J connectivity index is 0.000000521. The van der Waals surface area contributed by atoms with Crippen LogP contribution in [0.3, 0.4) is 0 Å². The maximum atomic E-state index is 13.0. The fraction of sp³-hybridized carbons (Fsp3) is 0.357. The van der Waals surface area contributed by atoms with Crippen LogP contribution in [0.5, 0.6) is 0 Å². The van der Waals surface area contributed by atoms with Crippen LogP contribution in [0.1, 0.15) is 37.0 Å². The van der Waals surface area contributed by atoms with Crippen molar-refractivity contribution >= 4 is 23.8 Å². The number of carbonyl (C=O) groups excluding carboxylic acids is 2. The number of hydrogen-bond donors (Lipinski definition) is 3. The minimum atomic E-state index is -1.26. The second-order valence-electron chi connectivity index (χ2n) is 8.51. The first kappa shape index (κ1) is 29.3. The van der Waals surface area contributed by atoms with Crippen LogP contribution >= 0.6 is 0 Å². The third-order valence-corrected chi connectivity index (χ3v) is 5.77. The highest BCUT2D eigenvalue weighted by atomic mass is 16.5. The molecule has 2 aromatic carbocycles. The Kier molecular flexibility index (Phi) is 12.0. The lowest BCUT2D eigenvalue weighted by Crippen LogP contribution is -2.52. The molecule has 9 heteroatoms. The van der Waals surface area contributed by atoms with Crippen LogP contribution in [-0.4, -0.2) is 64.2 Å². The summed E-state index contributed by atoms with van der Waals surface area (Å²) in [5, 5.41) is 18.9. The molecule has 0 unspecified atom stereocenters. The van der Waals surface area contributed by atoms with Gasteiger partial charge in [-0.2, -0.15) is 0 Å². The fourth-order valence-electron chi connectivity index (χ4n) is 3.94. The summed E-state index contributed by atoms with van der Waals surface area (Å²) in [7, 11) is 0. The molecule has 3 rings (SSSR count). The van der Waals surface area contributed by atoms with Gasteiger partial charge in [-0.15, -0.1) is 0 Å². The number of rotatable bonds is 10. The predicted molar refractivity (Wildman–Crippen MR) is 138 cm³/mol. The van der Waals surface area contributed by atoms with Gasteiger partial charge >= 0.3 is 17.9 Å². The SMILES string of the molecule is CCOC(=O)[C@H](CCc1ccccc1)N[C@@H](C)C(=O)N1CCc2ccccc2C1.O=C(O)/C=C\C(=O)O. The molecule has 0 fully saturated rings. The number of nitrogens with zero attached hydrogens (tertiary/aromatic N) is 1. The lowest BCUT2D eigenvalue weighted by atomic mass is 9.99. The molecule has 0 spiro atoms. The molecule has 0 bridgehead atoms. The van der Waals surface area contributed by atoms with Gasteiger partial charge in [0.05, 0.1) is 12.6 Å². The highest BCUT2D eigenvalue weighted by Gasteiger charge is 2.28. The first-order valence-corrected chi connectivity index (χ1v) is 12.2. The molecule has 1 amide bonds. The van der Waals surface area contributed by atoms with Gasteiger partial charge in [-0.25, -0.2) is 9.59 Å². The number of fused-ring (bicyclic) bond motifs is 1. The van der Waals surface area contributed by atoms with Gasteiger partial charge in [0.25, 0.3) is 0 Å². The summed E-state index contributed by atoms with van der Waals surface area (Å²) in [5.41, 5.74) is 3.67. The zero-order valence-corrected chi connectivity index (χ0v) is 21.1. The van der Waals surface area contributed by atoms with Crippen LogP contribution in [0.2, 0.25) is 0 Å². The maximum absolute atomic E-state index is 13.0. The Morgan fingerprint density at radius 1 is 0.973 bits per heavy atom. The molecule has 1 aliphatic rings. The van der Waals surface area contributed by atoms with Gasteiger partial charge in [-0.1, -0.05) is 54.6 Å². The van der Waals surface area contributed by atoms with Crippen molar-refractivity contribution in [3.05, 3.63) is 83.4 Å². The molecule has 2 aromatic rings. The minimum absolute atomic E-state index is 0.0218. The van der Waals surface area contributed by atoms with E-state index in [0.29, 0.717) is 38.3 Å². The van der Waals surface area contributed by atoms with Crippen LogP contribution in [0, 0.1) is 0 Å². The van der Waals surface area contributed by atoms with E-state index in [9.17, 15) is 19.2 Å². The quantitative estimate of drug-likeness (QED) is 0.328. The molecule has 3 N–H and O–H groups in total. The van der Waals surface area contributed by atoms with Gasteiger partial charge in [0.2, 0.25) is 5.91 Å². The number of hydrogen-bond acceptors (Lipinski definition) is 6. The number of carboxylic acid groups (broad SMARTS) is 2. The summed E-state index contributed by atoms with van der Waals surface area (Å²) in [6.07, 6.45) is 3.31. The zero-order chi connectivity index (χ0) is 27.2. The number of aliphatic carboxylic acids is 2. The van der Waals surface area contributed by atoms with Gasteiger partial charge in [-0.05, 0) is 49.8 Å². The summed E-state index contributed by atoms with van der Waals surface area (Å²) in [6, 6.07) is 17.3. The van der Waals surface area contributed by atoms with Crippen molar-refractivity contribution in [1.29, 1.82) is 0 Å². The molecule has 198 valence electrons. The average molecular weight is 511 g/mol. The molecule has 37 heavy (non-hydrogen) atoms. The lowest BCUT2D eigenvalue weighted by Gasteiger charge is -2.32. The van der Waals surface area contributed by atoms with Crippen molar-refractivity contribution in [2.75, 3.05) is 13.2 Å². The molecule has 9 nitrogen and oxygen atoms in total. The van der Waals surface area contributed by atoms with Gasteiger partial charge in [0, 0.05) is 25.2 Å². The third kappa shape index (κ3) is 10.3. The molecule has 0 radical (unpaired) electrons. The number of ether oxygens (including phenoxy) is 1. The van der Waals surface area contributed by atoms with E-state index in [4.69, 9.17) is 14.9 Å². The number of aryl methyl sites for hydroxylation is 1. The van der Waals surface area contributed by atoms with Crippen molar-refractivity contribution in [3.63, 3.8) is 0 Å². The lowest BCUT2D eigenvalue weighted by molar-refractivity contribution is -0.146. The van der Waals surface area contributed by atoms with Gasteiger partial charge in [0.1, 0.15) is 6.04 Å². The van der Waals surface area contributed by atoms with E-state index < -0.39 is 24.0 Å². The van der Waals surface area contributed by atoms with Crippen LogP contribution in [0.25, 0.3) is 0 Å². The van der Waals surface area contributed by atoms with Crippen LogP contribution in [-0.2, 0) is 43.3 Å². The van der Waals surface area contributed by atoms with E-state index in [1.54, 1.807) is 6.92 Å². The molecule has 0 aromatic heterocycles. The second-order valence-corrected chi connectivity index (χ2v) is 8.51. The van der Waals surface area contributed by atoms with E-state index in [2.05, 4.69) is 17.4 Å². The van der Waals surface area contributed by atoms with Crippen molar-refractivity contribution in [2.24, 2.45) is 0 Å². The maximum Gasteiger partial charge on any atom is 0.328 e. The van der Waals surface area contributed by atoms with Gasteiger partial charge in [0.15, 0.2) is 0 Å². The number of carboxylic acids is 2. The molecule has 1 aliphatic heterocycles. The minimum Gasteiger partial charge on any atom is -0.478 e. The number of carbonyl (C=O) groups is 4. The Bertz CT molecular complexity index is 1070. The van der Waals surface area contributed by atoms with Gasteiger partial charge < -0.3 is 19.8 Å². The number of benzene rings is 2. The van der Waals surface area contributed by atoms with Crippen molar-refractivity contribution < 1.29 is 34.1 Å². The topological polar surface area (TPSA) is 133 Å². The van der Waals surface area contributed by atoms with Crippen LogP contribution in [0.4, 0.5) is 0 Å². The Morgan fingerprint density at radius 3 is 2.16 bits per heavy atom. The monoisotopic (exact) mass is 510 g/mol. The molecule has 2 atom stereocenters. The van der Waals surface area contributed by atoms with E-state index >= 15 is 0 Å². The average Bonchev–Trinajstić information content (AvgIpc) is 2.90. The number of esters is 1. The molecule has 0 aliphatic carbocycles. The second kappa shape index (κ2) is 15.2. The highest BCUT2D eigenvalue weighted by Crippen LogP contribution is 2.19. The summed E-state index contributed by atoms with van der Waals surface area (Å²) < 4.78 is 5.24. The number of nitrogens with one attached hydrogen (secondary N) is 1. The Morgan fingerprint density at radius 2 is 1.57 bits per heavy atom. The van der Waals surface area contributed by atoms with Crippen LogP contribution < -0.4 is 5.32 Å². The summed E-state index contributed by atoms with van der Waals surface area (Å²) in [6.45, 7) is 5.28. The molecular formula is C28H34N2O7. The summed E-state index contributed by atoms with van der Waals surface area (Å²) >= 11 is 0. The van der Waals surface area contributed by atoms with Crippen molar-refractivity contribution in [2.45, 2.75) is 51.7 Å². The molecule has 0 saturated heterocycles. The van der Waals surface area contributed by atoms with Gasteiger partial charge in [-0.3, -0.25) is 14.9 Å². The Labute approximate surface area is 216 Å². The van der Waals surface area contributed by atoms with E-state index in [1.165, 1.54) is 11.1 Å². The van der Waals surface area contributed by atoms with Crippen molar-refractivity contribution in [1.82, 2.24) is 10.2 Å². The first-order chi connectivity index (χ1) is 17.7. The Hall–Kier alpha value is -3.98. The van der Waals surface area contributed by atoms with Crippen LogP contribution in [0.15, 0.2) is 66.7 Å². The van der Waals surface area contributed by atoms with Crippen molar-refractivity contribution in [3.8, 4) is 0 Å². The molecular weight excluding hydrogens is 476 g/mol. The third-order valence-electron chi connectivity index (χ3n) is 5.77. The molecule has 0 saturated carbocycles. The fourth-order valence-corrected chi connectivity index (χ4v) is 3.94. The molecule has 1 heterocycles. The number of amides is 1.